The van der Waals surface area contributed by atoms with Crippen molar-refractivity contribution in [3.63, 3.8) is 0 Å². The lowest BCUT2D eigenvalue weighted by Gasteiger charge is -2.23. The number of nitrogens with zero attached hydrogens (tertiary/aromatic N) is 2. The van der Waals surface area contributed by atoms with Crippen molar-refractivity contribution in [1.29, 1.82) is 0 Å². The summed E-state index contributed by atoms with van der Waals surface area (Å²) in [5, 5.41) is 17.2. The third-order valence-corrected chi connectivity index (χ3v) is 7.82. The van der Waals surface area contributed by atoms with Gasteiger partial charge in [-0.1, -0.05) is 24.3 Å². The third kappa shape index (κ3) is 18.0. The van der Waals surface area contributed by atoms with Gasteiger partial charge in [0.05, 0.1) is 55.4 Å². The number of halogens is 1. The number of rotatable bonds is 18. The molecule has 3 rings (SSSR count). The number of urea groups is 2. The number of benzene rings is 3. The number of hydrogen-bond donors (Lipinski definition) is 6. The molecule has 278 valence electrons. The van der Waals surface area contributed by atoms with E-state index in [1.807, 2.05) is 24.3 Å². The SMILES string of the molecule is C[N+](C)(C)CCCCNC(=O)Nc1ccc(CNC(=O)c2ccc(C(=O)NCc3ccc(NC(=O)NCCCC[N+](C)(C)C)cc3)cc2)cc1.[I-]. The van der Waals surface area contributed by atoms with Gasteiger partial charge in [-0.2, -0.15) is 0 Å². The van der Waals surface area contributed by atoms with Gasteiger partial charge in [-0.05, 0) is 85.3 Å². The van der Waals surface area contributed by atoms with Crippen molar-refractivity contribution in [2.75, 3.05) is 79.1 Å². The molecule has 51 heavy (non-hydrogen) atoms. The second-order valence-electron chi connectivity index (χ2n) is 14.5. The van der Waals surface area contributed by atoms with Gasteiger partial charge in [-0.25, -0.2) is 9.59 Å². The first-order valence-electron chi connectivity index (χ1n) is 17.2. The average molecular weight is 816 g/mol. The number of hydrogen-bond acceptors (Lipinski definition) is 4. The third-order valence-electron chi connectivity index (χ3n) is 7.82. The summed E-state index contributed by atoms with van der Waals surface area (Å²) in [6, 6.07) is 20.6. The van der Waals surface area contributed by atoms with Crippen molar-refractivity contribution >= 4 is 35.3 Å². The molecule has 0 heterocycles. The van der Waals surface area contributed by atoms with E-state index in [1.165, 1.54) is 0 Å². The van der Waals surface area contributed by atoms with Crippen LogP contribution in [-0.2, 0) is 13.1 Å². The Labute approximate surface area is 320 Å². The van der Waals surface area contributed by atoms with Crippen LogP contribution in [0.2, 0.25) is 0 Å². The summed E-state index contributed by atoms with van der Waals surface area (Å²) in [4.78, 5) is 49.8. The van der Waals surface area contributed by atoms with Gasteiger partial charge in [-0.15, -0.1) is 0 Å². The van der Waals surface area contributed by atoms with E-state index in [2.05, 4.69) is 74.2 Å². The fraction of sp³-hybridized carbons (Fsp3) is 0.421. The Morgan fingerprint density at radius 1 is 0.471 bits per heavy atom. The van der Waals surface area contributed by atoms with Crippen LogP contribution in [0.1, 0.15) is 57.5 Å². The summed E-state index contributed by atoms with van der Waals surface area (Å²) in [7, 11) is 12.9. The predicted octanol–water partition coefficient (Wildman–Crippen LogP) is 1.77. The van der Waals surface area contributed by atoms with E-state index in [1.54, 1.807) is 48.5 Å². The molecule has 13 heteroatoms. The minimum absolute atomic E-state index is 0. The molecule has 0 bridgehead atoms. The zero-order valence-electron chi connectivity index (χ0n) is 30.9. The summed E-state index contributed by atoms with van der Waals surface area (Å²) >= 11 is 0. The van der Waals surface area contributed by atoms with Gasteiger partial charge < -0.3 is 64.8 Å². The van der Waals surface area contributed by atoms with E-state index in [0.29, 0.717) is 48.7 Å². The molecule has 3 aromatic rings. The highest BCUT2D eigenvalue weighted by atomic mass is 127. The molecule has 0 radical (unpaired) electrons. The van der Waals surface area contributed by atoms with Crippen LogP contribution in [-0.4, -0.2) is 101 Å². The highest BCUT2D eigenvalue weighted by Gasteiger charge is 2.11. The Morgan fingerprint density at radius 3 is 1.12 bits per heavy atom. The van der Waals surface area contributed by atoms with Crippen LogP contribution in [0.5, 0.6) is 0 Å². The first-order valence-corrected chi connectivity index (χ1v) is 17.2. The molecule has 12 nitrogen and oxygen atoms in total. The van der Waals surface area contributed by atoms with Crippen LogP contribution in [0.15, 0.2) is 72.8 Å². The molecule has 0 spiro atoms. The van der Waals surface area contributed by atoms with Gasteiger partial charge in [0.25, 0.3) is 11.8 Å². The quantitative estimate of drug-likeness (QED) is 0.0663. The Morgan fingerprint density at radius 2 is 0.804 bits per heavy atom. The van der Waals surface area contributed by atoms with E-state index >= 15 is 0 Å². The maximum absolute atomic E-state index is 12.7. The van der Waals surface area contributed by atoms with Crippen LogP contribution in [0.25, 0.3) is 0 Å². The Bertz CT molecular complexity index is 1420. The van der Waals surface area contributed by atoms with Crippen LogP contribution >= 0.6 is 0 Å². The highest BCUT2D eigenvalue weighted by Crippen LogP contribution is 2.12. The summed E-state index contributed by atoms with van der Waals surface area (Å²) in [5.74, 6) is -0.517. The van der Waals surface area contributed by atoms with Crippen LogP contribution in [0.3, 0.4) is 0 Å². The molecule has 0 aromatic heterocycles. The smallest absolute Gasteiger partial charge is 0.319 e. The monoisotopic (exact) mass is 815 g/mol. The molecule has 0 aliphatic rings. The van der Waals surface area contributed by atoms with E-state index in [-0.39, 0.29) is 47.9 Å². The number of nitrogens with one attached hydrogen (secondary N) is 6. The zero-order valence-corrected chi connectivity index (χ0v) is 33.1. The minimum Gasteiger partial charge on any atom is -1.00 e. The van der Waals surface area contributed by atoms with Crippen LogP contribution in [0, 0.1) is 0 Å². The van der Waals surface area contributed by atoms with Crippen molar-refractivity contribution in [2.45, 2.75) is 38.8 Å². The largest absolute Gasteiger partial charge is 1.00 e. The van der Waals surface area contributed by atoms with Crippen molar-refractivity contribution in [3.8, 4) is 0 Å². The van der Waals surface area contributed by atoms with Gasteiger partial charge in [0.2, 0.25) is 0 Å². The number of carbonyl (C=O) groups excluding carboxylic acids is 4. The van der Waals surface area contributed by atoms with E-state index in [9.17, 15) is 19.2 Å². The predicted molar refractivity (Wildman–Crippen MR) is 200 cm³/mol. The number of anilines is 2. The van der Waals surface area contributed by atoms with Gasteiger partial charge >= 0.3 is 12.1 Å². The Hall–Kier alpha value is -4.21. The molecule has 0 fully saturated rings. The zero-order chi connectivity index (χ0) is 36.6. The summed E-state index contributed by atoms with van der Waals surface area (Å²) < 4.78 is 1.81. The van der Waals surface area contributed by atoms with Crippen molar-refractivity contribution < 1.29 is 52.1 Å². The molecule has 0 unspecified atom stereocenters. The van der Waals surface area contributed by atoms with Crippen LogP contribution < -0.4 is 55.9 Å². The van der Waals surface area contributed by atoms with E-state index < -0.39 is 0 Å². The lowest BCUT2D eigenvalue weighted by atomic mass is 10.1. The van der Waals surface area contributed by atoms with Crippen LogP contribution in [0.4, 0.5) is 21.0 Å². The second-order valence-corrected chi connectivity index (χ2v) is 14.5. The summed E-state index contributed by atoms with van der Waals surface area (Å²) in [5.41, 5.74) is 3.99. The fourth-order valence-electron chi connectivity index (χ4n) is 4.93. The summed E-state index contributed by atoms with van der Waals surface area (Å²) in [6.07, 6.45) is 3.93. The summed E-state index contributed by atoms with van der Waals surface area (Å²) in [6.45, 7) is 3.99. The van der Waals surface area contributed by atoms with Gasteiger partial charge in [-0.3, -0.25) is 9.59 Å². The molecule has 6 amide bonds. The molecule has 0 saturated heterocycles. The minimum atomic E-state index is -0.258. The van der Waals surface area contributed by atoms with E-state index in [4.69, 9.17) is 0 Å². The van der Waals surface area contributed by atoms with Gasteiger partial charge in [0.15, 0.2) is 0 Å². The number of unbranched alkanes of at least 4 members (excludes halogenated alkanes) is 2. The number of quaternary nitrogens is 2. The second kappa shape index (κ2) is 21.2. The first-order chi connectivity index (χ1) is 23.7. The number of carbonyl (C=O) groups is 4. The van der Waals surface area contributed by atoms with Crippen molar-refractivity contribution in [2.24, 2.45) is 0 Å². The fourth-order valence-corrected chi connectivity index (χ4v) is 4.93. The molecule has 0 aliphatic carbocycles. The number of amides is 6. The normalized spacial score (nSPS) is 11.1. The first kappa shape index (κ1) is 43.0. The van der Waals surface area contributed by atoms with Gasteiger partial charge in [0, 0.05) is 48.7 Å². The average Bonchev–Trinajstić information content (AvgIpc) is 3.06. The van der Waals surface area contributed by atoms with E-state index in [0.717, 1.165) is 58.9 Å². The Kier molecular flexibility index (Phi) is 17.9. The molecule has 3 aromatic carbocycles. The maximum Gasteiger partial charge on any atom is 0.319 e. The standard InChI is InChI=1S/C38H54N8O4.HI/c1-45(2,3)25-9-7-23-39-37(49)43-33-19-11-29(12-20-33)27-41-35(47)31-15-17-32(18-16-31)36(48)42-28-30-13-21-34(22-14-30)44-38(50)40-24-8-10-26-46(4,5)6;/h11-22H,7-10,23-28H2,1-6H3,(H4-2,39,40,41,42,43,44,47,48,49,50);1H/p+1. The molecule has 0 saturated carbocycles. The molecule has 6 N–H and O–H groups in total. The molecular formula is C38H56IN8O4+. The highest BCUT2D eigenvalue weighted by molar-refractivity contribution is 5.97. The Balaban J connectivity index is 0.00000901. The van der Waals surface area contributed by atoms with Crippen molar-refractivity contribution in [1.82, 2.24) is 21.3 Å². The lowest BCUT2D eigenvalue weighted by molar-refractivity contribution is -0.870. The van der Waals surface area contributed by atoms with Gasteiger partial charge in [0.1, 0.15) is 0 Å². The molecule has 0 aliphatic heterocycles. The van der Waals surface area contributed by atoms with Crippen molar-refractivity contribution in [3.05, 3.63) is 95.1 Å². The maximum atomic E-state index is 12.7. The molecule has 0 atom stereocenters. The topological polar surface area (TPSA) is 140 Å². The lowest BCUT2D eigenvalue weighted by Crippen LogP contribution is -3.00. The molecular weight excluding hydrogens is 759 g/mol.